The van der Waals surface area contributed by atoms with E-state index in [1.54, 1.807) is 0 Å². The van der Waals surface area contributed by atoms with E-state index in [1.165, 1.54) is 11.1 Å². The molecule has 0 saturated heterocycles. The highest BCUT2D eigenvalue weighted by atomic mass is 15.2. The van der Waals surface area contributed by atoms with Crippen LogP contribution in [0.5, 0.6) is 0 Å². The zero-order chi connectivity index (χ0) is 10.1. The third kappa shape index (κ3) is 1.28. The highest BCUT2D eigenvalue weighted by Gasteiger charge is 2.30. The van der Waals surface area contributed by atoms with Crippen LogP contribution in [0.3, 0.4) is 0 Å². The fourth-order valence-corrected chi connectivity index (χ4v) is 2.26. The summed E-state index contributed by atoms with van der Waals surface area (Å²) in [7, 11) is 0. The summed E-state index contributed by atoms with van der Waals surface area (Å²) in [6, 6.07) is 11.7. The zero-order valence-corrected chi connectivity index (χ0v) is 8.70. The Bertz CT molecular complexity index is 373. The number of rotatable bonds is 1. The van der Waals surface area contributed by atoms with E-state index in [2.05, 4.69) is 49.1 Å². The second-order valence-corrected chi connectivity index (χ2v) is 4.14. The lowest BCUT2D eigenvalue weighted by atomic mass is 9.96. The summed E-state index contributed by atoms with van der Waals surface area (Å²) in [5.74, 6) is 0.565. The van der Waals surface area contributed by atoms with Gasteiger partial charge in [-0.3, -0.25) is 0 Å². The van der Waals surface area contributed by atoms with Crippen molar-refractivity contribution in [2.24, 2.45) is 5.92 Å². The molecular weight excluding hydrogens is 170 g/mol. The molecule has 0 aromatic heterocycles. The van der Waals surface area contributed by atoms with Crippen molar-refractivity contribution in [2.75, 3.05) is 0 Å². The molecule has 1 heterocycles. The van der Waals surface area contributed by atoms with Crippen molar-refractivity contribution >= 4 is 0 Å². The number of nitrogens with zero attached hydrogens (tertiary/aromatic N) is 1. The predicted octanol–water partition coefficient (Wildman–Crippen LogP) is 2.79. The molecule has 14 heavy (non-hydrogen) atoms. The summed E-state index contributed by atoms with van der Waals surface area (Å²) >= 11 is 0. The average molecular weight is 185 g/mol. The number of hydrogen-bond acceptors (Lipinski definition) is 1. The summed E-state index contributed by atoms with van der Waals surface area (Å²) < 4.78 is 0. The molecule has 0 radical (unpaired) electrons. The van der Waals surface area contributed by atoms with Gasteiger partial charge in [-0.05, 0) is 17.0 Å². The fourth-order valence-electron chi connectivity index (χ4n) is 2.26. The molecule has 1 atom stereocenters. The van der Waals surface area contributed by atoms with Crippen molar-refractivity contribution < 1.29 is 0 Å². The molecule has 0 N–H and O–H groups in total. The normalized spacial score (nSPS) is 19.6. The average Bonchev–Trinajstić information content (AvgIpc) is 2.55. The van der Waals surface area contributed by atoms with Crippen LogP contribution in [-0.4, -0.2) is 4.90 Å². The van der Waals surface area contributed by atoms with Gasteiger partial charge in [0.25, 0.3) is 0 Å². The van der Waals surface area contributed by atoms with E-state index in [4.69, 9.17) is 6.42 Å². The lowest BCUT2D eigenvalue weighted by Crippen LogP contribution is -2.20. The minimum atomic E-state index is 0.399. The van der Waals surface area contributed by atoms with Gasteiger partial charge in [0, 0.05) is 6.04 Å². The van der Waals surface area contributed by atoms with Crippen LogP contribution >= 0.6 is 0 Å². The molecule has 0 bridgehead atoms. The maximum absolute atomic E-state index is 5.52. The molecule has 1 nitrogen and oxygen atoms in total. The van der Waals surface area contributed by atoms with E-state index in [9.17, 15) is 0 Å². The Morgan fingerprint density at radius 3 is 2.79 bits per heavy atom. The minimum absolute atomic E-state index is 0.399. The van der Waals surface area contributed by atoms with Gasteiger partial charge >= 0.3 is 0 Å². The van der Waals surface area contributed by atoms with Crippen LogP contribution in [0.15, 0.2) is 24.3 Å². The SMILES string of the molecule is C#CN1Cc2ccccc2C1C(C)C. The molecule has 1 heteroatoms. The van der Waals surface area contributed by atoms with Gasteiger partial charge in [0.05, 0.1) is 12.6 Å². The van der Waals surface area contributed by atoms with E-state index in [-0.39, 0.29) is 0 Å². The summed E-state index contributed by atoms with van der Waals surface area (Å²) in [5.41, 5.74) is 2.78. The standard InChI is InChI=1S/C13H15N/c1-4-14-9-11-7-5-6-8-12(11)13(14)10(2)3/h1,5-8,10,13H,9H2,2-3H3. The van der Waals surface area contributed by atoms with Gasteiger partial charge in [0.15, 0.2) is 0 Å². The van der Waals surface area contributed by atoms with Crippen LogP contribution in [-0.2, 0) is 6.54 Å². The molecule has 1 unspecified atom stereocenters. The van der Waals surface area contributed by atoms with E-state index in [0.29, 0.717) is 12.0 Å². The molecule has 0 fully saturated rings. The van der Waals surface area contributed by atoms with Crippen LogP contribution in [0, 0.1) is 18.4 Å². The molecule has 0 amide bonds. The molecule has 1 aliphatic rings. The summed E-state index contributed by atoms with van der Waals surface area (Å²) in [4.78, 5) is 2.09. The second kappa shape index (κ2) is 3.38. The van der Waals surface area contributed by atoms with Crippen molar-refractivity contribution in [3.05, 3.63) is 35.4 Å². The summed E-state index contributed by atoms with van der Waals surface area (Å²) in [5, 5.41) is 0. The Kier molecular flexibility index (Phi) is 2.21. The highest BCUT2D eigenvalue weighted by Crippen LogP contribution is 2.37. The first-order valence-corrected chi connectivity index (χ1v) is 5.04. The van der Waals surface area contributed by atoms with Crippen LogP contribution in [0.25, 0.3) is 0 Å². The first-order valence-electron chi connectivity index (χ1n) is 5.04. The summed E-state index contributed by atoms with van der Waals surface area (Å²) in [6.07, 6.45) is 5.52. The maximum atomic E-state index is 5.52. The highest BCUT2D eigenvalue weighted by molar-refractivity contribution is 5.35. The second-order valence-electron chi connectivity index (χ2n) is 4.14. The third-order valence-corrected chi connectivity index (χ3v) is 2.85. The third-order valence-electron chi connectivity index (χ3n) is 2.85. The Hall–Kier alpha value is -1.42. The molecule has 2 rings (SSSR count). The van der Waals surface area contributed by atoms with Gasteiger partial charge in [0.2, 0.25) is 0 Å². The van der Waals surface area contributed by atoms with E-state index in [0.717, 1.165) is 6.54 Å². The van der Waals surface area contributed by atoms with Gasteiger partial charge in [-0.25, -0.2) is 0 Å². The zero-order valence-electron chi connectivity index (χ0n) is 8.70. The van der Waals surface area contributed by atoms with Crippen molar-refractivity contribution in [1.29, 1.82) is 0 Å². The van der Waals surface area contributed by atoms with Gasteiger partial charge in [-0.1, -0.05) is 44.5 Å². The monoisotopic (exact) mass is 185 g/mol. The quantitative estimate of drug-likeness (QED) is 0.608. The molecule has 72 valence electrons. The number of benzene rings is 1. The van der Waals surface area contributed by atoms with Crippen LogP contribution in [0.1, 0.15) is 31.0 Å². The van der Waals surface area contributed by atoms with Gasteiger partial charge in [-0.15, -0.1) is 0 Å². The smallest absolute Gasteiger partial charge is 0.0650 e. The number of hydrogen-bond donors (Lipinski definition) is 0. The van der Waals surface area contributed by atoms with Crippen LogP contribution in [0.2, 0.25) is 0 Å². The topological polar surface area (TPSA) is 3.24 Å². The van der Waals surface area contributed by atoms with E-state index >= 15 is 0 Å². The Morgan fingerprint density at radius 1 is 1.43 bits per heavy atom. The summed E-state index contributed by atoms with van der Waals surface area (Å²) in [6.45, 7) is 5.34. The first-order chi connectivity index (χ1) is 6.74. The molecule has 0 aliphatic carbocycles. The maximum Gasteiger partial charge on any atom is 0.0650 e. The van der Waals surface area contributed by atoms with Crippen LogP contribution in [0.4, 0.5) is 0 Å². The van der Waals surface area contributed by atoms with Gasteiger partial charge in [-0.2, -0.15) is 0 Å². The molecule has 1 aliphatic heterocycles. The van der Waals surface area contributed by atoms with Crippen molar-refractivity contribution in [1.82, 2.24) is 4.90 Å². The van der Waals surface area contributed by atoms with Crippen molar-refractivity contribution in [3.63, 3.8) is 0 Å². The molecule has 1 aromatic carbocycles. The van der Waals surface area contributed by atoms with E-state index < -0.39 is 0 Å². The molecule has 0 saturated carbocycles. The first kappa shape index (κ1) is 9.15. The van der Waals surface area contributed by atoms with Gasteiger partial charge in [0.1, 0.15) is 0 Å². The van der Waals surface area contributed by atoms with Crippen molar-refractivity contribution in [3.8, 4) is 12.5 Å². The number of fused-ring (bicyclic) bond motifs is 1. The largest absolute Gasteiger partial charge is 0.321 e. The molecule has 0 spiro atoms. The lowest BCUT2D eigenvalue weighted by Gasteiger charge is -2.24. The van der Waals surface area contributed by atoms with Crippen LogP contribution < -0.4 is 0 Å². The minimum Gasteiger partial charge on any atom is -0.321 e. The number of terminal acetylenes is 1. The fraction of sp³-hybridized carbons (Fsp3) is 0.385. The predicted molar refractivity (Wildman–Crippen MR) is 58.4 cm³/mol. The van der Waals surface area contributed by atoms with Gasteiger partial charge < -0.3 is 4.90 Å². The Balaban J connectivity index is 2.43. The van der Waals surface area contributed by atoms with Crippen molar-refractivity contribution in [2.45, 2.75) is 26.4 Å². The Labute approximate surface area is 85.7 Å². The lowest BCUT2D eigenvalue weighted by molar-refractivity contribution is 0.261. The molecular formula is C13H15N. The Morgan fingerprint density at radius 2 is 2.14 bits per heavy atom. The van der Waals surface area contributed by atoms with E-state index in [1.807, 2.05) is 0 Å². The molecule has 1 aromatic rings.